The molecule has 2 nitrogen and oxygen atoms in total. The Hall–Kier alpha value is -7.03. The van der Waals surface area contributed by atoms with Crippen molar-refractivity contribution >= 4 is 32.6 Å². The largest absolute Gasteiger partial charge is 0.292 e. The van der Waals surface area contributed by atoms with Gasteiger partial charge in [-0.25, -0.2) is 4.98 Å². The van der Waals surface area contributed by atoms with Crippen molar-refractivity contribution in [1.82, 2.24) is 9.55 Å². The van der Waals surface area contributed by atoms with Gasteiger partial charge in [-0.1, -0.05) is 152 Å². The molecule has 1 heterocycles. The molecule has 1 aromatic heterocycles. The molecule has 2 heteroatoms. The van der Waals surface area contributed by atoms with E-state index in [0.29, 0.717) is 0 Å². The Bertz CT molecular complexity index is 3100. The average Bonchev–Trinajstić information content (AvgIpc) is 3.87. The molecule has 250 valence electrons. The average molecular weight is 685 g/mol. The van der Waals surface area contributed by atoms with Crippen molar-refractivity contribution in [1.29, 1.82) is 0 Å². The molecule has 0 saturated heterocycles. The van der Waals surface area contributed by atoms with Gasteiger partial charge in [0.25, 0.3) is 0 Å². The Morgan fingerprint density at radius 1 is 0.389 bits per heavy atom. The third kappa shape index (κ3) is 3.92. The number of para-hydroxylation sites is 2. The Labute approximate surface area is 313 Å². The SMILES string of the molecule is c1ccc(-c2nc3ccccc3n2-c2ccc(-c3ccc4cc5c(cc4c3)C3(c4ccccc4-c4ccccc43)c3ccc4ccccc4c3-5)cc2)cc1. The van der Waals surface area contributed by atoms with Crippen LogP contribution in [0.5, 0.6) is 0 Å². The second-order valence-electron chi connectivity index (χ2n) is 14.7. The number of hydrogen-bond acceptors (Lipinski definition) is 1. The number of nitrogens with zero attached hydrogens (tertiary/aromatic N) is 2. The molecule has 0 atom stereocenters. The summed E-state index contributed by atoms with van der Waals surface area (Å²) in [4.78, 5) is 5.06. The predicted octanol–water partition coefficient (Wildman–Crippen LogP) is 13.0. The number of aromatic nitrogens is 2. The minimum Gasteiger partial charge on any atom is -0.292 e. The summed E-state index contributed by atoms with van der Waals surface area (Å²) in [6.45, 7) is 0. The van der Waals surface area contributed by atoms with Crippen LogP contribution < -0.4 is 0 Å². The zero-order chi connectivity index (χ0) is 35.4. The van der Waals surface area contributed by atoms with Crippen molar-refractivity contribution in [3.05, 3.63) is 216 Å². The van der Waals surface area contributed by atoms with Gasteiger partial charge in [0.2, 0.25) is 0 Å². The lowest BCUT2D eigenvalue weighted by Crippen LogP contribution is -2.25. The molecule has 0 radical (unpaired) electrons. The molecule has 9 aromatic carbocycles. The van der Waals surface area contributed by atoms with Gasteiger partial charge in [0.15, 0.2) is 0 Å². The van der Waals surface area contributed by atoms with Crippen molar-refractivity contribution in [3.8, 4) is 50.5 Å². The quantitative estimate of drug-likeness (QED) is 0.181. The first-order valence-corrected chi connectivity index (χ1v) is 18.7. The highest BCUT2D eigenvalue weighted by molar-refractivity contribution is 6.08. The van der Waals surface area contributed by atoms with E-state index in [0.717, 1.165) is 28.1 Å². The molecule has 12 rings (SSSR count). The third-order valence-corrected chi connectivity index (χ3v) is 12.0. The van der Waals surface area contributed by atoms with Crippen LogP contribution in [0.4, 0.5) is 0 Å². The summed E-state index contributed by atoms with van der Waals surface area (Å²) in [7, 11) is 0. The Morgan fingerprint density at radius 2 is 1.06 bits per heavy atom. The lowest BCUT2D eigenvalue weighted by molar-refractivity contribution is 0.795. The van der Waals surface area contributed by atoms with Crippen LogP contribution in [0.3, 0.4) is 0 Å². The van der Waals surface area contributed by atoms with Gasteiger partial charge in [-0.3, -0.25) is 4.57 Å². The maximum absolute atomic E-state index is 5.06. The van der Waals surface area contributed by atoms with Crippen LogP contribution in [0.2, 0.25) is 0 Å². The summed E-state index contributed by atoms with van der Waals surface area (Å²) in [5, 5.41) is 5.09. The molecular weight excluding hydrogens is 653 g/mol. The van der Waals surface area contributed by atoms with Gasteiger partial charge in [0.1, 0.15) is 5.82 Å². The van der Waals surface area contributed by atoms with Crippen LogP contribution >= 0.6 is 0 Å². The molecule has 0 saturated carbocycles. The molecule has 0 unspecified atom stereocenters. The van der Waals surface area contributed by atoms with Crippen molar-refractivity contribution in [2.24, 2.45) is 0 Å². The zero-order valence-electron chi connectivity index (χ0n) is 29.4. The Kier molecular flexibility index (Phi) is 6.01. The summed E-state index contributed by atoms with van der Waals surface area (Å²) >= 11 is 0. The molecule has 0 aliphatic heterocycles. The van der Waals surface area contributed by atoms with Gasteiger partial charge in [0.05, 0.1) is 16.4 Å². The molecule has 0 N–H and O–H groups in total. The molecule has 0 bridgehead atoms. The van der Waals surface area contributed by atoms with Crippen LogP contribution in [0, 0.1) is 0 Å². The van der Waals surface area contributed by atoms with E-state index in [4.69, 9.17) is 4.98 Å². The molecule has 2 aliphatic rings. The van der Waals surface area contributed by atoms with Crippen molar-refractivity contribution < 1.29 is 0 Å². The fourth-order valence-corrected chi connectivity index (χ4v) is 9.70. The van der Waals surface area contributed by atoms with Crippen LogP contribution in [-0.2, 0) is 5.41 Å². The van der Waals surface area contributed by atoms with Gasteiger partial charge in [0, 0.05) is 11.3 Å². The van der Waals surface area contributed by atoms with Gasteiger partial charge in [-0.15, -0.1) is 0 Å². The van der Waals surface area contributed by atoms with E-state index in [9.17, 15) is 0 Å². The summed E-state index contributed by atoms with van der Waals surface area (Å²) < 4.78 is 2.27. The lowest BCUT2D eigenvalue weighted by Gasteiger charge is -2.30. The molecule has 54 heavy (non-hydrogen) atoms. The smallest absolute Gasteiger partial charge is 0.145 e. The van der Waals surface area contributed by atoms with Crippen LogP contribution in [0.15, 0.2) is 194 Å². The number of rotatable bonds is 3. The minimum absolute atomic E-state index is 0.391. The van der Waals surface area contributed by atoms with E-state index in [1.165, 1.54) is 77.2 Å². The van der Waals surface area contributed by atoms with Gasteiger partial charge in [-0.05, 0) is 120 Å². The van der Waals surface area contributed by atoms with E-state index in [-0.39, 0.29) is 0 Å². The van der Waals surface area contributed by atoms with Crippen molar-refractivity contribution in [2.45, 2.75) is 5.41 Å². The topological polar surface area (TPSA) is 17.8 Å². The van der Waals surface area contributed by atoms with Gasteiger partial charge in [-0.2, -0.15) is 0 Å². The number of fused-ring (bicyclic) bond motifs is 14. The van der Waals surface area contributed by atoms with E-state index in [2.05, 4.69) is 199 Å². The Balaban J connectivity index is 1.04. The van der Waals surface area contributed by atoms with Crippen molar-refractivity contribution in [2.75, 3.05) is 0 Å². The molecular formula is C52H32N2. The van der Waals surface area contributed by atoms with Gasteiger partial charge < -0.3 is 0 Å². The molecule has 0 fully saturated rings. The summed E-state index contributed by atoms with van der Waals surface area (Å²) in [5.74, 6) is 0.946. The first-order valence-electron chi connectivity index (χ1n) is 18.7. The standard InChI is InChI=1S/C52H32N2/c1-2-13-35(14-3-1)51-53-48-20-10-11-21-49(48)54(51)39-27-24-33(25-28-39)36-22-23-37-31-43-47(32-38(37)30-36)52(46-29-26-34-12-4-5-15-40(34)50(43)46)44-18-8-6-16-41(44)42-17-7-9-19-45(42)52/h1-32H. The van der Waals surface area contributed by atoms with Crippen LogP contribution in [-0.4, -0.2) is 9.55 Å². The third-order valence-electron chi connectivity index (χ3n) is 12.0. The monoisotopic (exact) mass is 684 g/mol. The number of imidazole rings is 1. The summed E-state index contributed by atoms with van der Waals surface area (Å²) in [6.07, 6.45) is 0. The zero-order valence-corrected chi connectivity index (χ0v) is 29.4. The summed E-state index contributed by atoms with van der Waals surface area (Å²) in [6, 6.07) is 71.4. The maximum Gasteiger partial charge on any atom is 0.145 e. The predicted molar refractivity (Wildman–Crippen MR) is 223 cm³/mol. The van der Waals surface area contributed by atoms with Crippen LogP contribution in [0.25, 0.3) is 83.0 Å². The van der Waals surface area contributed by atoms with E-state index in [1.54, 1.807) is 0 Å². The van der Waals surface area contributed by atoms with E-state index in [1.807, 2.05) is 0 Å². The minimum atomic E-state index is -0.391. The molecule has 2 aliphatic carbocycles. The fraction of sp³-hybridized carbons (Fsp3) is 0.0192. The Morgan fingerprint density at radius 3 is 1.87 bits per heavy atom. The second-order valence-corrected chi connectivity index (χ2v) is 14.7. The van der Waals surface area contributed by atoms with Crippen molar-refractivity contribution in [3.63, 3.8) is 0 Å². The highest BCUT2D eigenvalue weighted by Crippen LogP contribution is 2.64. The molecule has 10 aromatic rings. The van der Waals surface area contributed by atoms with Crippen LogP contribution in [0.1, 0.15) is 22.3 Å². The van der Waals surface area contributed by atoms with E-state index >= 15 is 0 Å². The highest BCUT2D eigenvalue weighted by Gasteiger charge is 2.52. The first-order chi connectivity index (χ1) is 26.8. The van der Waals surface area contributed by atoms with E-state index < -0.39 is 5.41 Å². The highest BCUT2D eigenvalue weighted by atomic mass is 15.1. The normalized spacial score (nSPS) is 13.3. The first kappa shape index (κ1) is 29.5. The number of hydrogen-bond donors (Lipinski definition) is 0. The molecule has 0 amide bonds. The lowest BCUT2D eigenvalue weighted by atomic mass is 9.70. The summed E-state index contributed by atoms with van der Waals surface area (Å²) in [5.41, 5.74) is 17.1. The maximum atomic E-state index is 5.06. The second kappa shape index (κ2) is 11.0. The number of benzene rings is 9. The van der Waals surface area contributed by atoms with Gasteiger partial charge >= 0.3 is 0 Å². The molecule has 1 spiro atoms. The fourth-order valence-electron chi connectivity index (χ4n) is 9.70.